The Labute approximate surface area is 132 Å². The van der Waals surface area contributed by atoms with Gasteiger partial charge in [0, 0.05) is 12.6 Å². The fourth-order valence-electron chi connectivity index (χ4n) is 2.40. The molecule has 0 aromatic heterocycles. The summed E-state index contributed by atoms with van der Waals surface area (Å²) in [4.78, 5) is 12.3. The summed E-state index contributed by atoms with van der Waals surface area (Å²) >= 11 is 0. The lowest BCUT2D eigenvalue weighted by Crippen LogP contribution is -2.37. The van der Waals surface area contributed by atoms with Crippen LogP contribution in [0.4, 0.5) is 13.2 Å². The van der Waals surface area contributed by atoms with Gasteiger partial charge in [-0.25, -0.2) is 0 Å². The lowest BCUT2D eigenvalue weighted by molar-refractivity contribution is -0.137. The summed E-state index contributed by atoms with van der Waals surface area (Å²) in [6, 6.07) is 3.03. The molecule has 1 heterocycles. The summed E-state index contributed by atoms with van der Waals surface area (Å²) in [5.41, 5.74) is -1.01. The van der Waals surface area contributed by atoms with E-state index in [2.05, 4.69) is 17.2 Å². The first kappa shape index (κ1) is 17.3. The third kappa shape index (κ3) is 4.72. The van der Waals surface area contributed by atoms with Crippen LogP contribution in [0.25, 0.3) is 0 Å². The maximum atomic E-state index is 12.8. The molecule has 4 nitrogen and oxygen atoms in total. The van der Waals surface area contributed by atoms with Gasteiger partial charge in [-0.1, -0.05) is 12.7 Å². The Morgan fingerprint density at radius 2 is 2.26 bits per heavy atom. The summed E-state index contributed by atoms with van der Waals surface area (Å²) < 4.78 is 43.8. The number of rotatable bonds is 6. The molecule has 1 aliphatic heterocycles. The first-order valence-electron chi connectivity index (χ1n) is 7.38. The number of alkyl halides is 3. The van der Waals surface area contributed by atoms with E-state index < -0.39 is 17.6 Å². The Morgan fingerprint density at radius 1 is 1.48 bits per heavy atom. The fourth-order valence-corrected chi connectivity index (χ4v) is 2.40. The van der Waals surface area contributed by atoms with Gasteiger partial charge in [0.2, 0.25) is 0 Å². The van der Waals surface area contributed by atoms with Crippen LogP contribution in [0.3, 0.4) is 0 Å². The Balaban J connectivity index is 2.16. The normalized spacial score (nSPS) is 17.8. The summed E-state index contributed by atoms with van der Waals surface area (Å²) in [5, 5.41) is 5.87. The summed E-state index contributed by atoms with van der Waals surface area (Å²) in [6.07, 6.45) is -1.10. The summed E-state index contributed by atoms with van der Waals surface area (Å²) in [6.45, 7) is 4.85. The van der Waals surface area contributed by atoms with E-state index in [9.17, 15) is 18.0 Å². The van der Waals surface area contributed by atoms with Gasteiger partial charge in [-0.3, -0.25) is 4.79 Å². The van der Waals surface area contributed by atoms with Gasteiger partial charge in [-0.15, -0.1) is 0 Å². The number of amides is 1. The first-order chi connectivity index (χ1) is 10.9. The first-order valence-corrected chi connectivity index (χ1v) is 7.38. The molecule has 0 radical (unpaired) electrons. The van der Waals surface area contributed by atoms with Crippen molar-refractivity contribution in [3.63, 3.8) is 0 Å². The van der Waals surface area contributed by atoms with Crippen molar-refractivity contribution >= 4 is 5.91 Å². The van der Waals surface area contributed by atoms with Gasteiger partial charge in [0.25, 0.3) is 5.91 Å². The fraction of sp³-hybridized carbons (Fsp3) is 0.438. The molecule has 1 aromatic carbocycles. The van der Waals surface area contributed by atoms with Crippen LogP contribution >= 0.6 is 0 Å². The Morgan fingerprint density at radius 3 is 2.87 bits per heavy atom. The predicted molar refractivity (Wildman–Crippen MR) is 80.5 cm³/mol. The number of carbonyl (C=O) groups excluding carboxylic acids is 1. The average Bonchev–Trinajstić information content (AvgIpc) is 3.03. The Kier molecular flexibility index (Phi) is 5.65. The van der Waals surface area contributed by atoms with Crippen LogP contribution in [0.2, 0.25) is 0 Å². The lowest BCUT2D eigenvalue weighted by Gasteiger charge is -2.15. The smallest absolute Gasteiger partial charge is 0.416 e. The van der Waals surface area contributed by atoms with Gasteiger partial charge in [0.1, 0.15) is 12.4 Å². The largest absolute Gasteiger partial charge is 0.489 e. The molecule has 126 valence electrons. The molecule has 2 rings (SSSR count). The number of halogens is 3. The van der Waals surface area contributed by atoms with Crippen molar-refractivity contribution in [2.75, 3.05) is 19.7 Å². The van der Waals surface area contributed by atoms with Gasteiger partial charge < -0.3 is 15.4 Å². The molecule has 1 amide bonds. The molecule has 1 aliphatic rings. The minimum Gasteiger partial charge on any atom is -0.489 e. The average molecular weight is 328 g/mol. The monoisotopic (exact) mass is 328 g/mol. The van der Waals surface area contributed by atoms with Crippen LogP contribution in [0.15, 0.2) is 30.9 Å². The standard InChI is InChI=1S/C16H19F3N2O2/c1-2-8-23-14-6-5-11(16(17,18)19)9-13(14)15(22)21-10-12-4-3-7-20-12/h2,5-6,9,12,20H,1,3-4,7-8,10H2,(H,21,22). The number of benzene rings is 1. The number of carbonyl (C=O) groups is 1. The molecule has 0 saturated carbocycles. The van der Waals surface area contributed by atoms with Crippen LogP contribution < -0.4 is 15.4 Å². The van der Waals surface area contributed by atoms with E-state index in [1.54, 1.807) is 0 Å². The molecule has 1 fully saturated rings. The number of ether oxygens (including phenoxy) is 1. The van der Waals surface area contributed by atoms with E-state index in [1.165, 1.54) is 6.08 Å². The highest BCUT2D eigenvalue weighted by molar-refractivity contribution is 5.97. The zero-order valence-corrected chi connectivity index (χ0v) is 12.6. The quantitative estimate of drug-likeness (QED) is 0.790. The molecule has 1 atom stereocenters. The summed E-state index contributed by atoms with van der Waals surface area (Å²) in [7, 11) is 0. The highest BCUT2D eigenvalue weighted by atomic mass is 19.4. The lowest BCUT2D eigenvalue weighted by atomic mass is 10.1. The molecular weight excluding hydrogens is 309 g/mol. The van der Waals surface area contributed by atoms with Gasteiger partial charge >= 0.3 is 6.18 Å². The van der Waals surface area contributed by atoms with Crippen molar-refractivity contribution in [2.45, 2.75) is 25.1 Å². The van der Waals surface area contributed by atoms with Crippen LogP contribution in [-0.2, 0) is 6.18 Å². The minimum atomic E-state index is -4.51. The van der Waals surface area contributed by atoms with Gasteiger partial charge in [0.15, 0.2) is 0 Å². The molecule has 0 aliphatic carbocycles. The van der Waals surface area contributed by atoms with E-state index >= 15 is 0 Å². The minimum absolute atomic E-state index is 0.106. The zero-order chi connectivity index (χ0) is 16.9. The third-order valence-corrected chi connectivity index (χ3v) is 3.58. The highest BCUT2D eigenvalue weighted by Gasteiger charge is 2.32. The maximum absolute atomic E-state index is 12.8. The summed E-state index contributed by atoms with van der Waals surface area (Å²) in [5.74, 6) is -0.473. The maximum Gasteiger partial charge on any atom is 0.416 e. The SMILES string of the molecule is C=CCOc1ccc(C(F)(F)F)cc1C(=O)NCC1CCCN1. The second kappa shape index (κ2) is 7.50. The number of hydrogen-bond acceptors (Lipinski definition) is 3. The molecule has 1 saturated heterocycles. The molecule has 23 heavy (non-hydrogen) atoms. The van der Waals surface area contributed by atoms with E-state index in [-0.39, 0.29) is 24.0 Å². The van der Waals surface area contributed by atoms with Crippen molar-refractivity contribution in [3.05, 3.63) is 42.0 Å². The predicted octanol–water partition coefficient (Wildman–Crippen LogP) is 2.75. The van der Waals surface area contributed by atoms with Gasteiger partial charge in [-0.05, 0) is 37.6 Å². The molecular formula is C16H19F3N2O2. The van der Waals surface area contributed by atoms with E-state index in [1.807, 2.05) is 0 Å². The highest BCUT2D eigenvalue weighted by Crippen LogP contribution is 2.32. The molecule has 2 N–H and O–H groups in total. The number of nitrogens with one attached hydrogen (secondary N) is 2. The molecule has 7 heteroatoms. The van der Waals surface area contributed by atoms with Crippen molar-refractivity contribution in [1.82, 2.24) is 10.6 Å². The van der Waals surface area contributed by atoms with Crippen LogP contribution in [-0.4, -0.2) is 31.6 Å². The molecule has 1 aromatic rings. The Hall–Kier alpha value is -2.02. The van der Waals surface area contributed by atoms with Crippen molar-refractivity contribution in [1.29, 1.82) is 0 Å². The second-order valence-corrected chi connectivity index (χ2v) is 5.31. The van der Waals surface area contributed by atoms with Gasteiger partial charge in [-0.2, -0.15) is 13.2 Å². The van der Waals surface area contributed by atoms with E-state index in [4.69, 9.17) is 4.74 Å². The molecule has 0 bridgehead atoms. The topological polar surface area (TPSA) is 50.4 Å². The van der Waals surface area contributed by atoms with Crippen LogP contribution in [0.5, 0.6) is 5.75 Å². The van der Waals surface area contributed by atoms with E-state index in [0.717, 1.165) is 37.6 Å². The van der Waals surface area contributed by atoms with Crippen LogP contribution in [0, 0.1) is 0 Å². The third-order valence-electron chi connectivity index (χ3n) is 3.58. The van der Waals surface area contributed by atoms with E-state index in [0.29, 0.717) is 6.54 Å². The zero-order valence-electron chi connectivity index (χ0n) is 12.6. The van der Waals surface area contributed by atoms with Gasteiger partial charge in [0.05, 0.1) is 11.1 Å². The Bertz CT molecular complexity index is 567. The molecule has 1 unspecified atom stereocenters. The second-order valence-electron chi connectivity index (χ2n) is 5.31. The molecule has 0 spiro atoms. The van der Waals surface area contributed by atoms with Crippen LogP contribution in [0.1, 0.15) is 28.8 Å². The van der Waals surface area contributed by atoms with Crippen molar-refractivity contribution < 1.29 is 22.7 Å². The van der Waals surface area contributed by atoms with Crippen molar-refractivity contribution in [3.8, 4) is 5.75 Å². The number of hydrogen-bond donors (Lipinski definition) is 2. The van der Waals surface area contributed by atoms with Crippen molar-refractivity contribution in [2.24, 2.45) is 0 Å².